The summed E-state index contributed by atoms with van der Waals surface area (Å²) in [5.41, 5.74) is 9.66. The van der Waals surface area contributed by atoms with Gasteiger partial charge in [0, 0.05) is 18.0 Å². The van der Waals surface area contributed by atoms with Gasteiger partial charge in [-0.05, 0) is 25.5 Å². The lowest BCUT2D eigenvalue weighted by molar-refractivity contribution is 0.316. The lowest BCUT2D eigenvalue weighted by Gasteiger charge is -2.03. The summed E-state index contributed by atoms with van der Waals surface area (Å²) < 4.78 is 2.91. The van der Waals surface area contributed by atoms with E-state index in [-0.39, 0.29) is 17.9 Å². The van der Waals surface area contributed by atoms with E-state index in [1.54, 1.807) is 23.0 Å². The summed E-state index contributed by atoms with van der Waals surface area (Å²) in [6.07, 6.45) is 3.24. The highest BCUT2D eigenvalue weighted by atomic mass is 16.4. The average Bonchev–Trinajstić information content (AvgIpc) is 2.94. The first-order valence-corrected chi connectivity index (χ1v) is 7.12. The predicted molar refractivity (Wildman–Crippen MR) is 87.8 cm³/mol. The van der Waals surface area contributed by atoms with Crippen LogP contribution >= 0.6 is 0 Å². The molecule has 7 heteroatoms. The summed E-state index contributed by atoms with van der Waals surface area (Å²) in [5, 5.41) is 16.0. The van der Waals surface area contributed by atoms with E-state index >= 15 is 0 Å². The first kappa shape index (κ1) is 14.8. The van der Waals surface area contributed by atoms with E-state index < -0.39 is 0 Å². The Kier molecular flexibility index (Phi) is 3.61. The lowest BCUT2D eigenvalue weighted by Crippen LogP contribution is -2.28. The normalized spacial score (nSPS) is 12.0. The summed E-state index contributed by atoms with van der Waals surface area (Å²) >= 11 is 0. The van der Waals surface area contributed by atoms with Gasteiger partial charge in [0.05, 0.1) is 12.2 Å². The maximum Gasteiger partial charge on any atom is 0.277 e. The van der Waals surface area contributed by atoms with Crippen LogP contribution in [0.5, 0.6) is 0 Å². The van der Waals surface area contributed by atoms with Crippen molar-refractivity contribution in [1.29, 1.82) is 0 Å². The summed E-state index contributed by atoms with van der Waals surface area (Å²) in [7, 11) is 0. The van der Waals surface area contributed by atoms with Gasteiger partial charge in [-0.1, -0.05) is 28.9 Å². The zero-order chi connectivity index (χ0) is 16.6. The van der Waals surface area contributed by atoms with Crippen LogP contribution in [-0.4, -0.2) is 25.2 Å². The fourth-order valence-corrected chi connectivity index (χ4v) is 2.59. The average molecular weight is 311 g/mol. The second kappa shape index (κ2) is 5.60. The van der Waals surface area contributed by atoms with Crippen molar-refractivity contribution in [2.24, 2.45) is 10.9 Å². The SMILES string of the molecule is Cc1ccc(-c2cc3c(=O)n(CC(N)=NO)ccn3n2)c(C)c1. The molecule has 2 aromatic heterocycles. The van der Waals surface area contributed by atoms with Crippen molar-refractivity contribution in [3.63, 3.8) is 0 Å². The van der Waals surface area contributed by atoms with Crippen molar-refractivity contribution in [2.45, 2.75) is 20.4 Å². The minimum atomic E-state index is -0.248. The van der Waals surface area contributed by atoms with Gasteiger partial charge in [-0.2, -0.15) is 5.10 Å². The smallest absolute Gasteiger partial charge is 0.277 e. The topological polar surface area (TPSA) is 97.9 Å². The van der Waals surface area contributed by atoms with E-state index in [1.165, 1.54) is 10.1 Å². The Morgan fingerprint density at radius 2 is 2.09 bits per heavy atom. The molecule has 0 spiro atoms. The predicted octanol–water partition coefficient (Wildman–Crippen LogP) is 1.53. The maximum atomic E-state index is 12.5. The second-order valence-corrected chi connectivity index (χ2v) is 5.50. The third kappa shape index (κ3) is 2.68. The van der Waals surface area contributed by atoms with Gasteiger partial charge in [0.1, 0.15) is 5.52 Å². The minimum absolute atomic E-state index is 0.0237. The molecular weight excluding hydrogens is 294 g/mol. The van der Waals surface area contributed by atoms with E-state index in [0.717, 1.165) is 16.8 Å². The molecule has 7 nitrogen and oxygen atoms in total. The molecular formula is C16H17N5O2. The Balaban J connectivity index is 2.12. The molecule has 0 saturated carbocycles. The molecule has 0 saturated heterocycles. The van der Waals surface area contributed by atoms with Crippen LogP contribution in [-0.2, 0) is 6.54 Å². The van der Waals surface area contributed by atoms with Crippen LogP contribution in [0.1, 0.15) is 11.1 Å². The zero-order valence-electron chi connectivity index (χ0n) is 12.9. The largest absolute Gasteiger partial charge is 0.409 e. The Morgan fingerprint density at radius 1 is 1.30 bits per heavy atom. The van der Waals surface area contributed by atoms with Crippen molar-refractivity contribution in [3.05, 3.63) is 58.1 Å². The number of hydrogen-bond acceptors (Lipinski definition) is 4. The van der Waals surface area contributed by atoms with Gasteiger partial charge in [-0.25, -0.2) is 4.52 Å². The highest BCUT2D eigenvalue weighted by Crippen LogP contribution is 2.23. The van der Waals surface area contributed by atoms with Gasteiger partial charge in [0.25, 0.3) is 5.56 Å². The minimum Gasteiger partial charge on any atom is -0.409 e. The molecule has 0 radical (unpaired) electrons. The van der Waals surface area contributed by atoms with Gasteiger partial charge >= 0.3 is 0 Å². The number of benzene rings is 1. The molecule has 0 bridgehead atoms. The summed E-state index contributed by atoms with van der Waals surface area (Å²) in [4.78, 5) is 12.5. The monoisotopic (exact) mass is 311 g/mol. The fraction of sp³-hybridized carbons (Fsp3) is 0.188. The van der Waals surface area contributed by atoms with Gasteiger partial charge in [0.15, 0.2) is 5.84 Å². The van der Waals surface area contributed by atoms with Crippen molar-refractivity contribution in [2.75, 3.05) is 0 Å². The van der Waals surface area contributed by atoms with Crippen LogP contribution in [0.2, 0.25) is 0 Å². The van der Waals surface area contributed by atoms with E-state index in [2.05, 4.69) is 16.3 Å². The molecule has 0 aliphatic rings. The molecule has 0 amide bonds. The first-order chi connectivity index (χ1) is 11.0. The van der Waals surface area contributed by atoms with Gasteiger partial charge in [-0.15, -0.1) is 0 Å². The molecule has 3 N–H and O–H groups in total. The van der Waals surface area contributed by atoms with Crippen LogP contribution in [0.3, 0.4) is 0 Å². The maximum absolute atomic E-state index is 12.5. The van der Waals surface area contributed by atoms with Crippen molar-refractivity contribution in [1.82, 2.24) is 14.2 Å². The molecule has 23 heavy (non-hydrogen) atoms. The van der Waals surface area contributed by atoms with E-state index in [0.29, 0.717) is 5.52 Å². The van der Waals surface area contributed by atoms with Crippen molar-refractivity contribution >= 4 is 11.4 Å². The number of oxime groups is 1. The first-order valence-electron chi connectivity index (χ1n) is 7.12. The molecule has 0 atom stereocenters. The Hall–Kier alpha value is -3.09. The van der Waals surface area contributed by atoms with E-state index in [9.17, 15) is 4.79 Å². The molecule has 0 unspecified atom stereocenters. The highest BCUT2D eigenvalue weighted by Gasteiger charge is 2.11. The van der Waals surface area contributed by atoms with Crippen LogP contribution < -0.4 is 11.3 Å². The van der Waals surface area contributed by atoms with Crippen molar-refractivity contribution < 1.29 is 5.21 Å². The standard InChI is InChI=1S/C16H17N5O2/c1-10-3-4-12(11(2)7-10)13-8-14-16(22)20(9-15(17)19-23)5-6-21(14)18-13/h3-8,23H,9H2,1-2H3,(H2,17,19). The molecule has 0 aliphatic heterocycles. The molecule has 3 aromatic rings. The number of rotatable bonds is 3. The number of nitrogens with zero attached hydrogens (tertiary/aromatic N) is 4. The zero-order valence-corrected chi connectivity index (χ0v) is 12.9. The number of aromatic nitrogens is 3. The number of nitrogens with two attached hydrogens (primary N) is 1. The molecule has 0 fully saturated rings. The molecule has 1 aromatic carbocycles. The fourth-order valence-electron chi connectivity index (χ4n) is 2.59. The van der Waals surface area contributed by atoms with Gasteiger partial charge in [0.2, 0.25) is 0 Å². The quantitative estimate of drug-likeness (QED) is 0.332. The molecule has 0 aliphatic carbocycles. The van der Waals surface area contributed by atoms with Gasteiger partial charge in [-0.3, -0.25) is 4.79 Å². The number of fused-ring (bicyclic) bond motifs is 1. The van der Waals surface area contributed by atoms with Crippen LogP contribution in [0.4, 0.5) is 0 Å². The second-order valence-electron chi connectivity index (χ2n) is 5.50. The van der Waals surface area contributed by atoms with Crippen LogP contribution in [0.15, 0.2) is 46.6 Å². The molecule has 3 rings (SSSR count). The summed E-state index contributed by atoms with van der Waals surface area (Å²) in [6, 6.07) is 7.85. The summed E-state index contributed by atoms with van der Waals surface area (Å²) in [5.74, 6) is -0.0365. The third-order valence-corrected chi connectivity index (χ3v) is 3.72. The Bertz CT molecular complexity index is 968. The number of hydrogen-bond donors (Lipinski definition) is 2. The van der Waals surface area contributed by atoms with Gasteiger partial charge < -0.3 is 15.5 Å². The third-order valence-electron chi connectivity index (χ3n) is 3.72. The lowest BCUT2D eigenvalue weighted by atomic mass is 10.0. The number of amidine groups is 1. The van der Waals surface area contributed by atoms with Crippen molar-refractivity contribution in [3.8, 4) is 11.3 Å². The number of aryl methyl sites for hydroxylation is 2. The summed E-state index contributed by atoms with van der Waals surface area (Å²) in [6.45, 7) is 4.07. The Labute approximate surface area is 132 Å². The molecule has 118 valence electrons. The van der Waals surface area contributed by atoms with Crippen LogP contribution in [0.25, 0.3) is 16.8 Å². The van der Waals surface area contributed by atoms with E-state index in [4.69, 9.17) is 10.9 Å². The Morgan fingerprint density at radius 3 is 2.78 bits per heavy atom. The van der Waals surface area contributed by atoms with E-state index in [1.807, 2.05) is 26.0 Å². The molecule has 2 heterocycles. The van der Waals surface area contributed by atoms with Crippen LogP contribution in [0, 0.1) is 13.8 Å². The highest BCUT2D eigenvalue weighted by molar-refractivity contribution is 5.79.